The van der Waals surface area contributed by atoms with Crippen molar-refractivity contribution in [3.63, 3.8) is 0 Å². The van der Waals surface area contributed by atoms with Crippen LogP contribution in [-0.2, 0) is 6.54 Å². The van der Waals surface area contributed by atoms with Crippen LogP contribution >= 0.6 is 0 Å². The van der Waals surface area contributed by atoms with Crippen molar-refractivity contribution in [3.8, 4) is 22.6 Å². The van der Waals surface area contributed by atoms with Gasteiger partial charge in [0.25, 0.3) is 0 Å². The normalized spacial score (nSPS) is 17.2. The number of aryl methyl sites for hydroxylation is 2. The highest BCUT2D eigenvalue weighted by Crippen LogP contribution is 2.40. The molecule has 0 aliphatic carbocycles. The fourth-order valence-electron chi connectivity index (χ4n) is 4.95. The number of nitrogens with zero attached hydrogens (tertiary/aromatic N) is 3. The maximum Gasteiger partial charge on any atom is 0.226 e. The molecule has 6 heteroatoms. The summed E-state index contributed by atoms with van der Waals surface area (Å²) in [4.78, 5) is 12.1. The van der Waals surface area contributed by atoms with Crippen LogP contribution in [0.4, 0.5) is 5.95 Å². The summed E-state index contributed by atoms with van der Waals surface area (Å²) >= 11 is 0. The number of para-hydroxylation sites is 1. The molecule has 1 N–H and O–H groups in total. The molecule has 2 aliphatic heterocycles. The third-order valence-electron chi connectivity index (χ3n) is 6.94. The Morgan fingerprint density at radius 2 is 1.83 bits per heavy atom. The molecular formula is C29H30N4O2. The standard InChI is InChI=1S/C29H30N4O2/c1-19-6-8-21(9-7-19)17-30-23-12-13-33(18-23)29-31-20(2)25-16-22(10-11-26(25)32-29)24-4-3-5-27-28(24)35-15-14-34-27/h3-11,16,23,30H,12-15,17-18H2,1-2H3. The number of hydrogen-bond donors (Lipinski definition) is 1. The van der Waals surface area contributed by atoms with Crippen molar-refractivity contribution in [2.75, 3.05) is 31.2 Å². The van der Waals surface area contributed by atoms with Crippen LogP contribution in [0.1, 0.15) is 23.2 Å². The van der Waals surface area contributed by atoms with Crippen molar-refractivity contribution in [2.24, 2.45) is 0 Å². The van der Waals surface area contributed by atoms with E-state index in [0.29, 0.717) is 19.3 Å². The van der Waals surface area contributed by atoms with Crippen LogP contribution in [0, 0.1) is 13.8 Å². The first-order valence-corrected chi connectivity index (χ1v) is 12.4. The zero-order chi connectivity index (χ0) is 23.8. The van der Waals surface area contributed by atoms with Gasteiger partial charge in [0, 0.05) is 36.6 Å². The molecule has 0 bridgehead atoms. The molecule has 6 rings (SSSR count). The van der Waals surface area contributed by atoms with Gasteiger partial charge in [0.1, 0.15) is 13.2 Å². The van der Waals surface area contributed by atoms with E-state index in [1.807, 2.05) is 12.1 Å². The second-order valence-corrected chi connectivity index (χ2v) is 9.47. The maximum atomic E-state index is 5.93. The molecule has 1 atom stereocenters. The van der Waals surface area contributed by atoms with E-state index in [0.717, 1.165) is 71.2 Å². The molecule has 0 saturated carbocycles. The van der Waals surface area contributed by atoms with Crippen molar-refractivity contribution >= 4 is 16.9 Å². The van der Waals surface area contributed by atoms with Gasteiger partial charge in [0.05, 0.1) is 11.2 Å². The largest absolute Gasteiger partial charge is 0.486 e. The van der Waals surface area contributed by atoms with Gasteiger partial charge in [-0.3, -0.25) is 0 Å². The van der Waals surface area contributed by atoms with Crippen molar-refractivity contribution < 1.29 is 9.47 Å². The molecule has 178 valence electrons. The summed E-state index contributed by atoms with van der Waals surface area (Å²) in [5.41, 5.74) is 6.69. The predicted molar refractivity (Wildman–Crippen MR) is 139 cm³/mol. The van der Waals surface area contributed by atoms with Gasteiger partial charge in [-0.2, -0.15) is 0 Å². The first-order chi connectivity index (χ1) is 17.1. The molecule has 1 unspecified atom stereocenters. The summed E-state index contributed by atoms with van der Waals surface area (Å²) < 4.78 is 11.7. The van der Waals surface area contributed by atoms with Crippen LogP contribution < -0.4 is 19.7 Å². The molecule has 1 aromatic heterocycles. The van der Waals surface area contributed by atoms with E-state index in [1.165, 1.54) is 11.1 Å². The quantitative estimate of drug-likeness (QED) is 0.444. The summed E-state index contributed by atoms with van der Waals surface area (Å²) in [6.45, 7) is 8.11. The third-order valence-corrected chi connectivity index (χ3v) is 6.94. The average Bonchev–Trinajstić information content (AvgIpc) is 3.37. The van der Waals surface area contributed by atoms with Gasteiger partial charge >= 0.3 is 0 Å². The molecule has 0 radical (unpaired) electrons. The second kappa shape index (κ2) is 9.19. The first-order valence-electron chi connectivity index (χ1n) is 12.4. The minimum absolute atomic E-state index is 0.435. The van der Waals surface area contributed by atoms with E-state index < -0.39 is 0 Å². The van der Waals surface area contributed by atoms with Gasteiger partial charge in [-0.25, -0.2) is 9.97 Å². The maximum absolute atomic E-state index is 5.93. The number of anilines is 1. The van der Waals surface area contributed by atoms with Gasteiger partial charge in [0.15, 0.2) is 11.5 Å². The smallest absolute Gasteiger partial charge is 0.226 e. The van der Waals surface area contributed by atoms with E-state index in [1.54, 1.807) is 0 Å². The summed E-state index contributed by atoms with van der Waals surface area (Å²) in [6, 6.07) is 21.6. The predicted octanol–water partition coefficient (Wildman–Crippen LogP) is 5.05. The molecule has 1 saturated heterocycles. The summed E-state index contributed by atoms with van der Waals surface area (Å²) in [6.07, 6.45) is 1.09. The fraction of sp³-hybridized carbons (Fsp3) is 0.310. The lowest BCUT2D eigenvalue weighted by Gasteiger charge is -2.21. The number of hydrogen-bond acceptors (Lipinski definition) is 6. The lowest BCUT2D eigenvalue weighted by atomic mass is 10.0. The highest BCUT2D eigenvalue weighted by Gasteiger charge is 2.25. The molecule has 0 spiro atoms. The Morgan fingerprint density at radius 3 is 2.71 bits per heavy atom. The lowest BCUT2D eigenvalue weighted by Crippen LogP contribution is -2.32. The van der Waals surface area contributed by atoms with Crippen molar-refractivity contribution in [1.82, 2.24) is 15.3 Å². The Labute approximate surface area is 205 Å². The highest BCUT2D eigenvalue weighted by molar-refractivity contribution is 5.88. The monoisotopic (exact) mass is 466 g/mol. The summed E-state index contributed by atoms with van der Waals surface area (Å²) in [5, 5.41) is 4.76. The molecule has 1 fully saturated rings. The topological polar surface area (TPSA) is 59.5 Å². The van der Waals surface area contributed by atoms with E-state index in [9.17, 15) is 0 Å². The minimum atomic E-state index is 0.435. The average molecular weight is 467 g/mol. The van der Waals surface area contributed by atoms with Crippen LogP contribution in [0.2, 0.25) is 0 Å². The van der Waals surface area contributed by atoms with Gasteiger partial charge in [0.2, 0.25) is 5.95 Å². The van der Waals surface area contributed by atoms with Crippen molar-refractivity contribution in [2.45, 2.75) is 32.9 Å². The molecule has 3 heterocycles. The molecule has 35 heavy (non-hydrogen) atoms. The number of fused-ring (bicyclic) bond motifs is 2. The van der Waals surface area contributed by atoms with Crippen molar-refractivity contribution in [3.05, 3.63) is 77.5 Å². The van der Waals surface area contributed by atoms with Gasteiger partial charge < -0.3 is 19.7 Å². The van der Waals surface area contributed by atoms with E-state index in [4.69, 9.17) is 19.4 Å². The minimum Gasteiger partial charge on any atom is -0.486 e. The first kappa shape index (κ1) is 21.9. The van der Waals surface area contributed by atoms with E-state index in [-0.39, 0.29) is 0 Å². The fourth-order valence-corrected chi connectivity index (χ4v) is 4.95. The number of benzene rings is 3. The Hall–Kier alpha value is -3.64. The van der Waals surface area contributed by atoms with Crippen molar-refractivity contribution in [1.29, 1.82) is 0 Å². The summed E-state index contributed by atoms with van der Waals surface area (Å²) in [5.74, 6) is 2.43. The molecule has 4 aromatic rings. The lowest BCUT2D eigenvalue weighted by molar-refractivity contribution is 0.172. The number of aromatic nitrogens is 2. The summed E-state index contributed by atoms with van der Waals surface area (Å²) in [7, 11) is 0. The zero-order valence-corrected chi connectivity index (χ0v) is 20.3. The molecule has 2 aliphatic rings. The second-order valence-electron chi connectivity index (χ2n) is 9.47. The Balaban J connectivity index is 1.20. The van der Waals surface area contributed by atoms with Crippen LogP contribution in [0.15, 0.2) is 60.7 Å². The number of rotatable bonds is 5. The Morgan fingerprint density at radius 1 is 0.971 bits per heavy atom. The number of nitrogens with one attached hydrogen (secondary N) is 1. The molecule has 6 nitrogen and oxygen atoms in total. The number of ether oxygens (including phenoxy) is 2. The van der Waals surface area contributed by atoms with E-state index >= 15 is 0 Å². The third kappa shape index (κ3) is 4.42. The van der Waals surface area contributed by atoms with Crippen LogP contribution in [-0.4, -0.2) is 42.3 Å². The molecule has 3 aromatic carbocycles. The van der Waals surface area contributed by atoms with Crippen LogP contribution in [0.3, 0.4) is 0 Å². The van der Waals surface area contributed by atoms with Gasteiger partial charge in [-0.15, -0.1) is 0 Å². The molecule has 0 amide bonds. The van der Waals surface area contributed by atoms with Crippen LogP contribution in [0.5, 0.6) is 11.5 Å². The zero-order valence-electron chi connectivity index (χ0n) is 20.3. The SMILES string of the molecule is Cc1ccc(CNC2CCN(c3nc(C)c4cc(-c5cccc6c5OCCO6)ccc4n3)C2)cc1. The Bertz CT molecular complexity index is 1370. The highest BCUT2D eigenvalue weighted by atomic mass is 16.6. The molecular weight excluding hydrogens is 436 g/mol. The Kier molecular flexibility index (Phi) is 5.74. The van der Waals surface area contributed by atoms with Gasteiger partial charge in [-0.05, 0) is 49.6 Å². The van der Waals surface area contributed by atoms with Gasteiger partial charge in [-0.1, -0.05) is 48.0 Å². The van der Waals surface area contributed by atoms with E-state index in [2.05, 4.69) is 72.6 Å². The van der Waals surface area contributed by atoms with Crippen LogP contribution in [0.25, 0.3) is 22.0 Å².